The van der Waals surface area contributed by atoms with Crippen LogP contribution < -0.4 is 0 Å². The Hall–Kier alpha value is -6.97. The zero-order valence-electron chi connectivity index (χ0n) is 28.2. The summed E-state index contributed by atoms with van der Waals surface area (Å²) in [5, 5.41) is 9.57. The number of aromatic nitrogens is 3. The molecule has 0 N–H and O–H groups in total. The number of benzene rings is 9. The summed E-state index contributed by atoms with van der Waals surface area (Å²) in [6.07, 6.45) is 0. The predicted octanol–water partition coefficient (Wildman–Crippen LogP) is 12.8. The Morgan fingerprint density at radius 3 is 0.923 bits per heavy atom. The Labute approximate surface area is 301 Å². The van der Waals surface area contributed by atoms with Crippen LogP contribution in [-0.2, 0) is 0 Å². The summed E-state index contributed by atoms with van der Waals surface area (Å²) >= 11 is 0. The lowest BCUT2D eigenvalue weighted by Crippen LogP contribution is -2.00. The van der Waals surface area contributed by atoms with E-state index in [1.54, 1.807) is 0 Å². The van der Waals surface area contributed by atoms with Gasteiger partial charge in [-0.05, 0) is 95.7 Å². The second-order valence-corrected chi connectivity index (χ2v) is 13.3. The van der Waals surface area contributed by atoms with E-state index in [2.05, 4.69) is 188 Å². The van der Waals surface area contributed by atoms with Crippen LogP contribution in [0, 0.1) is 0 Å². The highest BCUT2D eigenvalue weighted by molar-refractivity contribution is 5.93. The first kappa shape index (κ1) is 29.9. The van der Waals surface area contributed by atoms with E-state index < -0.39 is 0 Å². The standard InChI is InChI=1S/C49H31N3/c1-4-10-38-27-41(22-15-32(38)7-1)35-13-20-37(21-14-35)47-50-48(44-25-18-34-9-3-6-12-40(34)29-44)52-49(51-47)45-26-19-36-17-24-43(30-46(36)31-45)42-23-16-33-8-2-5-11-39(33)28-42/h1-31H. The molecule has 242 valence electrons. The molecule has 52 heavy (non-hydrogen) atoms. The van der Waals surface area contributed by atoms with E-state index in [-0.39, 0.29) is 0 Å². The van der Waals surface area contributed by atoms with Gasteiger partial charge in [-0.1, -0.05) is 158 Å². The van der Waals surface area contributed by atoms with Crippen molar-refractivity contribution in [2.24, 2.45) is 0 Å². The second kappa shape index (κ2) is 12.4. The molecule has 1 aromatic heterocycles. The minimum absolute atomic E-state index is 0.642. The third-order valence-corrected chi connectivity index (χ3v) is 10.1. The zero-order valence-corrected chi connectivity index (χ0v) is 28.2. The van der Waals surface area contributed by atoms with Crippen LogP contribution in [0.3, 0.4) is 0 Å². The molecule has 0 spiro atoms. The van der Waals surface area contributed by atoms with Gasteiger partial charge < -0.3 is 0 Å². The Balaban J connectivity index is 1.08. The maximum absolute atomic E-state index is 5.10. The first-order chi connectivity index (χ1) is 25.7. The van der Waals surface area contributed by atoms with Gasteiger partial charge in [0.25, 0.3) is 0 Å². The first-order valence-corrected chi connectivity index (χ1v) is 17.6. The van der Waals surface area contributed by atoms with E-state index in [0.29, 0.717) is 17.5 Å². The number of hydrogen-bond acceptors (Lipinski definition) is 3. The molecule has 0 fully saturated rings. The summed E-state index contributed by atoms with van der Waals surface area (Å²) in [5.74, 6) is 1.93. The van der Waals surface area contributed by atoms with Crippen molar-refractivity contribution >= 4 is 43.1 Å². The topological polar surface area (TPSA) is 38.7 Å². The third kappa shape index (κ3) is 5.55. The van der Waals surface area contributed by atoms with Crippen LogP contribution in [0.5, 0.6) is 0 Å². The zero-order chi connectivity index (χ0) is 34.4. The third-order valence-electron chi connectivity index (χ3n) is 10.1. The Morgan fingerprint density at radius 2 is 0.462 bits per heavy atom. The van der Waals surface area contributed by atoms with Gasteiger partial charge in [0.2, 0.25) is 0 Å². The lowest BCUT2D eigenvalue weighted by molar-refractivity contribution is 1.08. The van der Waals surface area contributed by atoms with Gasteiger partial charge in [-0.15, -0.1) is 0 Å². The van der Waals surface area contributed by atoms with Crippen LogP contribution in [0.15, 0.2) is 188 Å². The second-order valence-electron chi connectivity index (χ2n) is 13.3. The van der Waals surface area contributed by atoms with Crippen molar-refractivity contribution in [3.8, 4) is 56.4 Å². The van der Waals surface area contributed by atoms with Gasteiger partial charge in [0.15, 0.2) is 17.5 Å². The molecule has 0 atom stereocenters. The maximum atomic E-state index is 5.10. The summed E-state index contributed by atoms with van der Waals surface area (Å²) in [6.45, 7) is 0. The van der Waals surface area contributed by atoms with Gasteiger partial charge in [-0.25, -0.2) is 15.0 Å². The van der Waals surface area contributed by atoms with Crippen LogP contribution in [0.4, 0.5) is 0 Å². The number of fused-ring (bicyclic) bond motifs is 4. The molecule has 1 heterocycles. The minimum Gasteiger partial charge on any atom is -0.208 e. The number of hydrogen-bond donors (Lipinski definition) is 0. The molecule has 10 aromatic rings. The summed E-state index contributed by atoms with van der Waals surface area (Å²) in [5.41, 5.74) is 7.54. The van der Waals surface area contributed by atoms with E-state index in [1.807, 2.05) is 0 Å². The molecule has 0 bridgehead atoms. The lowest BCUT2D eigenvalue weighted by atomic mass is 9.97. The number of nitrogens with zero attached hydrogens (tertiary/aromatic N) is 3. The fourth-order valence-corrected chi connectivity index (χ4v) is 7.21. The monoisotopic (exact) mass is 661 g/mol. The average molecular weight is 662 g/mol. The molecule has 0 aliphatic carbocycles. The summed E-state index contributed by atoms with van der Waals surface area (Å²) < 4.78 is 0. The quantitative estimate of drug-likeness (QED) is 0.184. The van der Waals surface area contributed by atoms with Crippen LogP contribution >= 0.6 is 0 Å². The maximum Gasteiger partial charge on any atom is 0.164 e. The summed E-state index contributed by atoms with van der Waals surface area (Å²) in [7, 11) is 0. The van der Waals surface area contributed by atoms with Crippen molar-refractivity contribution in [3.05, 3.63) is 188 Å². The van der Waals surface area contributed by atoms with E-state index in [1.165, 1.54) is 49.0 Å². The van der Waals surface area contributed by atoms with E-state index in [9.17, 15) is 0 Å². The Bertz CT molecular complexity index is 2960. The minimum atomic E-state index is 0.642. The van der Waals surface area contributed by atoms with Gasteiger partial charge >= 0.3 is 0 Å². The highest BCUT2D eigenvalue weighted by atomic mass is 15.0. The van der Waals surface area contributed by atoms with Gasteiger partial charge in [0.05, 0.1) is 0 Å². The molecule has 0 amide bonds. The van der Waals surface area contributed by atoms with Crippen LogP contribution in [-0.4, -0.2) is 15.0 Å². The summed E-state index contributed by atoms with van der Waals surface area (Å²) in [6, 6.07) is 66.7. The molecule has 0 saturated heterocycles. The van der Waals surface area contributed by atoms with Crippen molar-refractivity contribution < 1.29 is 0 Å². The SMILES string of the molecule is c1ccc2cc(-c3ccc(-c4nc(-c5ccc6ccccc6c5)nc(-c5ccc6ccc(-c7ccc8ccccc8c7)cc6c5)n4)cc3)ccc2c1. The molecule has 3 heteroatoms. The molecular formula is C49H31N3. The van der Waals surface area contributed by atoms with Crippen molar-refractivity contribution in [1.29, 1.82) is 0 Å². The molecule has 0 radical (unpaired) electrons. The van der Waals surface area contributed by atoms with Crippen molar-refractivity contribution in [3.63, 3.8) is 0 Å². The van der Waals surface area contributed by atoms with E-state index in [0.717, 1.165) is 33.0 Å². The van der Waals surface area contributed by atoms with Crippen molar-refractivity contribution in [2.75, 3.05) is 0 Å². The molecule has 0 aliphatic heterocycles. The predicted molar refractivity (Wildman–Crippen MR) is 217 cm³/mol. The smallest absolute Gasteiger partial charge is 0.164 e. The number of rotatable bonds is 5. The molecular weight excluding hydrogens is 631 g/mol. The average Bonchev–Trinajstić information content (AvgIpc) is 3.22. The Morgan fingerprint density at radius 1 is 0.192 bits per heavy atom. The van der Waals surface area contributed by atoms with Crippen molar-refractivity contribution in [2.45, 2.75) is 0 Å². The molecule has 9 aromatic carbocycles. The Kier molecular flexibility index (Phi) is 7.14. The van der Waals surface area contributed by atoms with Gasteiger partial charge in [0.1, 0.15) is 0 Å². The first-order valence-electron chi connectivity index (χ1n) is 17.6. The van der Waals surface area contributed by atoms with Gasteiger partial charge in [-0.3, -0.25) is 0 Å². The highest BCUT2D eigenvalue weighted by Crippen LogP contribution is 2.33. The molecule has 0 aliphatic rings. The van der Waals surface area contributed by atoms with Crippen LogP contribution in [0.25, 0.3) is 99.5 Å². The van der Waals surface area contributed by atoms with E-state index in [4.69, 9.17) is 15.0 Å². The molecule has 3 nitrogen and oxygen atoms in total. The van der Waals surface area contributed by atoms with Gasteiger partial charge in [-0.2, -0.15) is 0 Å². The normalized spacial score (nSPS) is 11.5. The van der Waals surface area contributed by atoms with Crippen LogP contribution in [0.2, 0.25) is 0 Å². The largest absolute Gasteiger partial charge is 0.208 e. The lowest BCUT2D eigenvalue weighted by Gasteiger charge is -2.11. The molecule has 10 rings (SSSR count). The van der Waals surface area contributed by atoms with Gasteiger partial charge in [0, 0.05) is 16.7 Å². The van der Waals surface area contributed by atoms with Crippen LogP contribution in [0.1, 0.15) is 0 Å². The molecule has 0 saturated carbocycles. The van der Waals surface area contributed by atoms with E-state index >= 15 is 0 Å². The molecule has 0 unspecified atom stereocenters. The summed E-state index contributed by atoms with van der Waals surface area (Å²) in [4.78, 5) is 15.3. The fraction of sp³-hybridized carbons (Fsp3) is 0. The fourth-order valence-electron chi connectivity index (χ4n) is 7.21. The van der Waals surface area contributed by atoms with Crippen molar-refractivity contribution in [1.82, 2.24) is 15.0 Å². The highest BCUT2D eigenvalue weighted by Gasteiger charge is 2.14.